The number of nitrogens with zero attached hydrogens (tertiary/aromatic N) is 1. The number of hydrogen-bond acceptors (Lipinski definition) is 1. The van der Waals surface area contributed by atoms with E-state index in [1.807, 2.05) is 0 Å². The Bertz CT molecular complexity index is 228. The molecule has 0 amide bonds. The molecule has 9 heavy (non-hydrogen) atoms. The molecule has 4 heteroatoms. The summed E-state index contributed by atoms with van der Waals surface area (Å²) in [5.41, 5.74) is 0. The molecule has 0 aromatic carbocycles. The first-order chi connectivity index (χ1) is 4.20. The minimum atomic E-state index is 0.171. The van der Waals surface area contributed by atoms with Crippen LogP contribution in [0.4, 0.5) is 0 Å². The lowest BCUT2D eigenvalue weighted by atomic mass is 10.5. The monoisotopic (exact) mass is 207 g/mol. The predicted octanol–water partition coefficient (Wildman–Crippen LogP) is 1.74. The summed E-state index contributed by atoms with van der Waals surface area (Å²) in [5.74, 6) is 0. The van der Waals surface area contributed by atoms with E-state index in [9.17, 15) is 5.21 Å². The third-order valence-electron chi connectivity index (χ3n) is 0.837. The summed E-state index contributed by atoms with van der Waals surface area (Å²) < 4.78 is 1.39. The Morgan fingerprint density at radius 3 is 2.78 bits per heavy atom. The minimum Gasteiger partial charge on any atom is -0.618 e. The summed E-state index contributed by atoms with van der Waals surface area (Å²) in [7, 11) is 0. The number of pyridine rings is 1. The SMILES string of the molecule is [O-][n+]1ccc(Br)cc1Cl. The smallest absolute Gasteiger partial charge is 0.287 e. The van der Waals surface area contributed by atoms with E-state index in [-0.39, 0.29) is 5.15 Å². The highest BCUT2D eigenvalue weighted by Crippen LogP contribution is 2.10. The Hall–Kier alpha value is -0.280. The van der Waals surface area contributed by atoms with Crippen LogP contribution in [-0.2, 0) is 0 Å². The number of rotatable bonds is 0. The standard InChI is InChI=1S/C5H3BrClNO/c6-4-1-2-8(9)5(7)3-4/h1-3H. The fourth-order valence-corrected chi connectivity index (χ4v) is 1.08. The molecule has 1 rings (SSSR count). The zero-order valence-corrected chi connectivity index (χ0v) is 6.69. The van der Waals surface area contributed by atoms with Crippen LogP contribution >= 0.6 is 27.5 Å². The first-order valence-electron chi connectivity index (χ1n) is 2.24. The van der Waals surface area contributed by atoms with Crippen molar-refractivity contribution in [1.82, 2.24) is 0 Å². The summed E-state index contributed by atoms with van der Waals surface area (Å²) in [6, 6.07) is 3.16. The van der Waals surface area contributed by atoms with Gasteiger partial charge in [-0.05, 0) is 11.6 Å². The fourth-order valence-electron chi connectivity index (χ4n) is 0.436. The number of aromatic nitrogens is 1. The zero-order valence-electron chi connectivity index (χ0n) is 4.34. The van der Waals surface area contributed by atoms with Crippen molar-refractivity contribution in [3.63, 3.8) is 0 Å². The highest BCUT2D eigenvalue weighted by molar-refractivity contribution is 9.10. The fraction of sp³-hybridized carbons (Fsp3) is 0. The molecular weight excluding hydrogens is 205 g/mol. The van der Waals surface area contributed by atoms with Crippen molar-refractivity contribution < 1.29 is 4.73 Å². The van der Waals surface area contributed by atoms with Gasteiger partial charge in [0.05, 0.1) is 0 Å². The summed E-state index contributed by atoms with van der Waals surface area (Å²) in [4.78, 5) is 0. The lowest BCUT2D eigenvalue weighted by Crippen LogP contribution is -2.25. The topological polar surface area (TPSA) is 26.9 Å². The average molecular weight is 208 g/mol. The molecule has 1 aromatic rings. The molecule has 0 atom stereocenters. The lowest BCUT2D eigenvalue weighted by Gasteiger charge is -1.95. The van der Waals surface area contributed by atoms with Gasteiger partial charge in [-0.25, -0.2) is 0 Å². The summed E-state index contributed by atoms with van der Waals surface area (Å²) in [6.45, 7) is 0. The first-order valence-corrected chi connectivity index (χ1v) is 3.41. The van der Waals surface area contributed by atoms with Crippen LogP contribution < -0.4 is 4.73 Å². The van der Waals surface area contributed by atoms with Crippen molar-refractivity contribution in [2.45, 2.75) is 0 Å². The van der Waals surface area contributed by atoms with E-state index in [1.54, 1.807) is 6.07 Å². The molecule has 0 aliphatic rings. The molecule has 0 spiro atoms. The largest absolute Gasteiger partial charge is 0.618 e. The van der Waals surface area contributed by atoms with Crippen molar-refractivity contribution in [1.29, 1.82) is 0 Å². The molecule has 0 unspecified atom stereocenters. The second-order valence-electron chi connectivity index (χ2n) is 1.49. The van der Waals surface area contributed by atoms with E-state index in [0.717, 1.165) is 4.47 Å². The molecule has 0 saturated carbocycles. The van der Waals surface area contributed by atoms with Gasteiger partial charge in [0.1, 0.15) is 0 Å². The molecular formula is C5H3BrClNO. The molecule has 1 aromatic heterocycles. The van der Waals surface area contributed by atoms with Gasteiger partial charge in [0.15, 0.2) is 6.20 Å². The van der Waals surface area contributed by atoms with Gasteiger partial charge in [0.25, 0.3) is 5.15 Å². The van der Waals surface area contributed by atoms with Crippen molar-refractivity contribution >= 4 is 27.5 Å². The zero-order chi connectivity index (χ0) is 6.85. The highest BCUT2D eigenvalue weighted by atomic mass is 79.9. The molecule has 0 bridgehead atoms. The molecule has 2 nitrogen and oxygen atoms in total. The van der Waals surface area contributed by atoms with Crippen LogP contribution in [0.2, 0.25) is 5.15 Å². The Kier molecular flexibility index (Phi) is 1.93. The third-order valence-corrected chi connectivity index (χ3v) is 1.61. The first kappa shape index (κ1) is 6.83. The van der Waals surface area contributed by atoms with Crippen molar-refractivity contribution in [2.75, 3.05) is 0 Å². The highest BCUT2D eigenvalue weighted by Gasteiger charge is 1.98. The molecule has 0 radical (unpaired) electrons. The summed E-state index contributed by atoms with van der Waals surface area (Å²) in [6.07, 6.45) is 1.34. The molecule has 0 fully saturated rings. The van der Waals surface area contributed by atoms with E-state index in [1.165, 1.54) is 12.3 Å². The maximum absolute atomic E-state index is 10.5. The Labute approximate surface area is 65.8 Å². The van der Waals surface area contributed by atoms with Gasteiger partial charge in [-0.2, -0.15) is 4.73 Å². The second-order valence-corrected chi connectivity index (χ2v) is 2.80. The number of halogens is 2. The van der Waals surface area contributed by atoms with Crippen molar-refractivity contribution in [3.05, 3.63) is 33.2 Å². The van der Waals surface area contributed by atoms with Gasteiger partial charge in [-0.15, -0.1) is 0 Å². The van der Waals surface area contributed by atoms with E-state index < -0.39 is 0 Å². The molecule has 48 valence electrons. The van der Waals surface area contributed by atoms with Crippen LogP contribution in [0.25, 0.3) is 0 Å². The van der Waals surface area contributed by atoms with Gasteiger partial charge in [0.2, 0.25) is 0 Å². The second kappa shape index (κ2) is 2.54. The quantitative estimate of drug-likeness (QED) is 0.362. The molecule has 0 aliphatic carbocycles. The predicted molar refractivity (Wildman–Crippen MR) is 38.1 cm³/mol. The van der Waals surface area contributed by atoms with E-state index >= 15 is 0 Å². The van der Waals surface area contributed by atoms with E-state index in [0.29, 0.717) is 4.73 Å². The maximum atomic E-state index is 10.5. The van der Waals surface area contributed by atoms with Crippen LogP contribution in [0.15, 0.2) is 22.8 Å². The van der Waals surface area contributed by atoms with Crippen LogP contribution in [0, 0.1) is 5.21 Å². The van der Waals surface area contributed by atoms with Gasteiger partial charge in [-0.3, -0.25) is 0 Å². The Morgan fingerprint density at radius 2 is 2.33 bits per heavy atom. The maximum Gasteiger partial charge on any atom is 0.287 e. The van der Waals surface area contributed by atoms with Gasteiger partial charge in [0, 0.05) is 16.6 Å². The molecule has 0 aliphatic heterocycles. The molecule has 0 N–H and O–H groups in total. The lowest BCUT2D eigenvalue weighted by molar-refractivity contribution is -0.603. The summed E-state index contributed by atoms with van der Waals surface area (Å²) >= 11 is 8.59. The van der Waals surface area contributed by atoms with E-state index in [4.69, 9.17) is 11.6 Å². The van der Waals surface area contributed by atoms with Crippen LogP contribution in [0.5, 0.6) is 0 Å². The van der Waals surface area contributed by atoms with Crippen molar-refractivity contribution in [3.8, 4) is 0 Å². The molecule has 0 saturated heterocycles. The number of hydrogen-bond donors (Lipinski definition) is 0. The van der Waals surface area contributed by atoms with Gasteiger partial charge in [-0.1, -0.05) is 15.9 Å². The third kappa shape index (κ3) is 1.56. The minimum absolute atomic E-state index is 0.171. The summed E-state index contributed by atoms with van der Waals surface area (Å²) in [5, 5.41) is 10.7. The average Bonchev–Trinajstić information content (AvgIpc) is 1.80. The van der Waals surface area contributed by atoms with E-state index in [2.05, 4.69) is 15.9 Å². The normalized spacial score (nSPS) is 9.56. The van der Waals surface area contributed by atoms with Crippen LogP contribution in [-0.4, -0.2) is 0 Å². The van der Waals surface area contributed by atoms with Crippen LogP contribution in [0.3, 0.4) is 0 Å². The Morgan fingerprint density at radius 1 is 1.67 bits per heavy atom. The molecule has 1 heterocycles. The van der Waals surface area contributed by atoms with Gasteiger partial charge >= 0.3 is 0 Å². The van der Waals surface area contributed by atoms with Gasteiger partial charge < -0.3 is 5.21 Å². The van der Waals surface area contributed by atoms with Crippen molar-refractivity contribution in [2.24, 2.45) is 0 Å². The Balaban J connectivity index is 3.17. The van der Waals surface area contributed by atoms with Crippen LogP contribution in [0.1, 0.15) is 0 Å².